The minimum atomic E-state index is 0. The molecule has 1 aromatic rings. The minimum absolute atomic E-state index is 0. The van der Waals surface area contributed by atoms with Crippen molar-refractivity contribution in [3.63, 3.8) is 0 Å². The standard InChI is InChI=1S/C16H23N3O2.ClH/c1-11-3-4-13(17)10-14(11)16(21)19-7-5-12(6-8-19)9-15(20)18-2;/h3-4,10,12H,5-9,17H2,1-2H3,(H,18,20);1H. The summed E-state index contributed by atoms with van der Waals surface area (Å²) in [6, 6.07) is 5.43. The highest BCUT2D eigenvalue weighted by Crippen LogP contribution is 2.23. The Morgan fingerprint density at radius 3 is 2.55 bits per heavy atom. The number of halogens is 1. The largest absolute Gasteiger partial charge is 0.399 e. The number of piperidine rings is 1. The number of carbonyl (C=O) groups excluding carboxylic acids is 2. The summed E-state index contributed by atoms with van der Waals surface area (Å²) in [5.74, 6) is 0.487. The Hall–Kier alpha value is -1.75. The Labute approximate surface area is 137 Å². The van der Waals surface area contributed by atoms with E-state index in [9.17, 15) is 9.59 Å². The van der Waals surface area contributed by atoms with Crippen molar-refractivity contribution in [3.05, 3.63) is 29.3 Å². The first kappa shape index (κ1) is 18.3. The van der Waals surface area contributed by atoms with Crippen molar-refractivity contribution >= 4 is 29.9 Å². The maximum atomic E-state index is 12.5. The lowest BCUT2D eigenvalue weighted by atomic mass is 9.92. The summed E-state index contributed by atoms with van der Waals surface area (Å²) in [4.78, 5) is 25.8. The number of nitrogens with two attached hydrogens (primary N) is 1. The maximum absolute atomic E-state index is 12.5. The molecule has 0 bridgehead atoms. The van der Waals surface area contributed by atoms with Crippen molar-refractivity contribution < 1.29 is 9.59 Å². The zero-order valence-corrected chi connectivity index (χ0v) is 13.9. The Morgan fingerprint density at radius 1 is 1.32 bits per heavy atom. The van der Waals surface area contributed by atoms with E-state index in [4.69, 9.17) is 5.73 Å². The zero-order valence-electron chi connectivity index (χ0n) is 13.1. The molecule has 1 fully saturated rings. The van der Waals surface area contributed by atoms with Crippen LogP contribution in [0, 0.1) is 12.8 Å². The molecular formula is C16H24ClN3O2. The van der Waals surface area contributed by atoms with Crippen LogP contribution in [0.2, 0.25) is 0 Å². The number of anilines is 1. The van der Waals surface area contributed by atoms with Gasteiger partial charge in [-0.05, 0) is 43.4 Å². The van der Waals surface area contributed by atoms with Crippen LogP contribution in [0.15, 0.2) is 18.2 Å². The lowest BCUT2D eigenvalue weighted by Gasteiger charge is -2.32. The molecule has 3 N–H and O–H groups in total. The Bertz CT molecular complexity index is 540. The summed E-state index contributed by atoms with van der Waals surface area (Å²) in [6.07, 6.45) is 2.30. The lowest BCUT2D eigenvalue weighted by molar-refractivity contribution is -0.121. The second-order valence-electron chi connectivity index (χ2n) is 5.69. The summed E-state index contributed by atoms with van der Waals surface area (Å²) < 4.78 is 0. The molecule has 0 radical (unpaired) electrons. The van der Waals surface area contributed by atoms with Crippen molar-refractivity contribution in [2.24, 2.45) is 5.92 Å². The van der Waals surface area contributed by atoms with Crippen LogP contribution in [-0.2, 0) is 4.79 Å². The number of rotatable bonds is 3. The summed E-state index contributed by atoms with van der Waals surface area (Å²) in [5, 5.41) is 2.65. The molecule has 2 amide bonds. The highest BCUT2D eigenvalue weighted by molar-refractivity contribution is 5.96. The number of aryl methyl sites for hydroxylation is 1. The van der Waals surface area contributed by atoms with Gasteiger partial charge < -0.3 is 16.0 Å². The van der Waals surface area contributed by atoms with Gasteiger partial charge in [0, 0.05) is 37.8 Å². The number of carbonyl (C=O) groups is 2. The number of amides is 2. The van der Waals surface area contributed by atoms with Gasteiger partial charge in [0.25, 0.3) is 5.91 Å². The van der Waals surface area contributed by atoms with E-state index in [1.165, 1.54) is 0 Å². The topological polar surface area (TPSA) is 75.4 Å². The van der Waals surface area contributed by atoms with Gasteiger partial charge in [0.05, 0.1) is 0 Å². The predicted molar refractivity (Wildman–Crippen MR) is 90.2 cm³/mol. The number of likely N-dealkylation sites (tertiary alicyclic amines) is 1. The Kier molecular flexibility index (Phi) is 6.68. The van der Waals surface area contributed by atoms with Crippen LogP contribution in [-0.4, -0.2) is 36.9 Å². The van der Waals surface area contributed by atoms with Crippen LogP contribution in [0.25, 0.3) is 0 Å². The molecule has 122 valence electrons. The average Bonchev–Trinajstić information content (AvgIpc) is 2.49. The molecule has 0 atom stereocenters. The molecule has 1 aliphatic heterocycles. The molecule has 0 saturated carbocycles. The van der Waals surface area contributed by atoms with Crippen molar-refractivity contribution in [3.8, 4) is 0 Å². The quantitative estimate of drug-likeness (QED) is 0.834. The smallest absolute Gasteiger partial charge is 0.254 e. The van der Waals surface area contributed by atoms with Gasteiger partial charge in [-0.25, -0.2) is 0 Å². The SMILES string of the molecule is CNC(=O)CC1CCN(C(=O)c2cc(N)ccc2C)CC1.Cl. The minimum Gasteiger partial charge on any atom is -0.399 e. The number of hydrogen-bond donors (Lipinski definition) is 2. The fourth-order valence-corrected chi connectivity index (χ4v) is 2.74. The summed E-state index contributed by atoms with van der Waals surface area (Å²) in [7, 11) is 1.66. The van der Waals surface area contributed by atoms with Gasteiger partial charge in [-0.1, -0.05) is 6.07 Å². The number of nitrogens with one attached hydrogen (secondary N) is 1. The van der Waals surface area contributed by atoms with Crippen LogP contribution in [0.3, 0.4) is 0 Å². The highest BCUT2D eigenvalue weighted by atomic mass is 35.5. The molecular weight excluding hydrogens is 302 g/mol. The van der Waals surface area contributed by atoms with E-state index in [1.807, 2.05) is 24.0 Å². The van der Waals surface area contributed by atoms with E-state index in [0.717, 1.165) is 18.4 Å². The molecule has 2 rings (SSSR count). The van der Waals surface area contributed by atoms with Gasteiger partial charge in [0.2, 0.25) is 5.91 Å². The second-order valence-corrected chi connectivity index (χ2v) is 5.69. The van der Waals surface area contributed by atoms with Crippen molar-refractivity contribution in [1.29, 1.82) is 0 Å². The van der Waals surface area contributed by atoms with E-state index < -0.39 is 0 Å². The first-order chi connectivity index (χ1) is 10.0. The monoisotopic (exact) mass is 325 g/mol. The van der Waals surface area contributed by atoms with Crippen LogP contribution in [0.5, 0.6) is 0 Å². The summed E-state index contributed by atoms with van der Waals surface area (Å²) in [5.41, 5.74) is 8.01. The molecule has 6 heteroatoms. The molecule has 1 saturated heterocycles. The third-order valence-electron chi connectivity index (χ3n) is 4.15. The molecule has 0 aliphatic carbocycles. The van der Waals surface area contributed by atoms with E-state index in [0.29, 0.717) is 36.7 Å². The number of benzene rings is 1. The molecule has 0 unspecified atom stereocenters. The van der Waals surface area contributed by atoms with Gasteiger partial charge >= 0.3 is 0 Å². The second kappa shape index (κ2) is 8.03. The lowest BCUT2D eigenvalue weighted by Crippen LogP contribution is -2.39. The predicted octanol–water partition coefficient (Wildman–Crippen LogP) is 1.99. The van der Waals surface area contributed by atoms with Crippen molar-refractivity contribution in [2.75, 3.05) is 25.9 Å². The fraction of sp³-hybridized carbons (Fsp3) is 0.500. The van der Waals surface area contributed by atoms with E-state index in [1.54, 1.807) is 13.1 Å². The van der Waals surface area contributed by atoms with Gasteiger partial charge in [0.15, 0.2) is 0 Å². The van der Waals surface area contributed by atoms with Crippen molar-refractivity contribution in [2.45, 2.75) is 26.2 Å². The molecule has 0 aromatic heterocycles. The maximum Gasteiger partial charge on any atom is 0.254 e. The molecule has 5 nitrogen and oxygen atoms in total. The van der Waals surface area contributed by atoms with E-state index in [2.05, 4.69) is 5.32 Å². The molecule has 22 heavy (non-hydrogen) atoms. The Balaban J connectivity index is 0.00000242. The summed E-state index contributed by atoms with van der Waals surface area (Å²) in [6.45, 7) is 3.33. The third-order valence-corrected chi connectivity index (χ3v) is 4.15. The molecule has 1 aliphatic rings. The normalized spacial score (nSPS) is 15.1. The molecule has 1 aromatic carbocycles. The average molecular weight is 326 g/mol. The van der Waals surface area contributed by atoms with Crippen LogP contribution in [0.1, 0.15) is 35.2 Å². The van der Waals surface area contributed by atoms with Crippen molar-refractivity contribution in [1.82, 2.24) is 10.2 Å². The van der Waals surface area contributed by atoms with Gasteiger partial charge in [-0.3, -0.25) is 9.59 Å². The Morgan fingerprint density at radius 2 is 1.95 bits per heavy atom. The third kappa shape index (κ3) is 4.37. The van der Waals surface area contributed by atoms with Crippen LogP contribution in [0.4, 0.5) is 5.69 Å². The van der Waals surface area contributed by atoms with E-state index in [-0.39, 0.29) is 24.2 Å². The first-order valence-electron chi connectivity index (χ1n) is 7.37. The highest BCUT2D eigenvalue weighted by Gasteiger charge is 2.25. The number of nitrogen functional groups attached to an aromatic ring is 1. The molecule has 0 spiro atoms. The fourth-order valence-electron chi connectivity index (χ4n) is 2.74. The first-order valence-corrected chi connectivity index (χ1v) is 7.37. The molecule has 1 heterocycles. The van der Waals surface area contributed by atoms with E-state index >= 15 is 0 Å². The summed E-state index contributed by atoms with van der Waals surface area (Å²) >= 11 is 0. The number of hydrogen-bond acceptors (Lipinski definition) is 3. The zero-order chi connectivity index (χ0) is 15.4. The van der Waals surface area contributed by atoms with Crippen LogP contribution < -0.4 is 11.1 Å². The van der Waals surface area contributed by atoms with Gasteiger partial charge in [-0.15, -0.1) is 12.4 Å². The van der Waals surface area contributed by atoms with Gasteiger partial charge in [0.1, 0.15) is 0 Å². The van der Waals surface area contributed by atoms with Gasteiger partial charge in [-0.2, -0.15) is 0 Å². The number of nitrogens with zero attached hydrogens (tertiary/aromatic N) is 1. The van der Waals surface area contributed by atoms with Crippen LogP contribution >= 0.6 is 12.4 Å².